The number of hydrogen-bond acceptors (Lipinski definition) is 3. The monoisotopic (exact) mass is 345 g/mol. The molecule has 1 amide bonds. The highest BCUT2D eigenvalue weighted by molar-refractivity contribution is 5.76. The molecule has 2 aromatic rings. The van der Waals surface area contributed by atoms with Gasteiger partial charge in [0.25, 0.3) is 0 Å². The fourth-order valence-corrected chi connectivity index (χ4v) is 3.68. The molecule has 4 N–H and O–H groups in total. The molecule has 1 fully saturated rings. The van der Waals surface area contributed by atoms with E-state index in [-0.39, 0.29) is 11.6 Å². The van der Waals surface area contributed by atoms with Crippen molar-refractivity contribution in [3.8, 4) is 0 Å². The molecule has 1 heterocycles. The van der Waals surface area contributed by atoms with Crippen LogP contribution >= 0.6 is 0 Å². The van der Waals surface area contributed by atoms with Gasteiger partial charge in [-0.1, -0.05) is 25.3 Å². The number of fused-ring (bicyclic) bond motifs is 1. The number of nitrogens with one attached hydrogen (secondary N) is 3. The van der Waals surface area contributed by atoms with E-state index in [1.165, 1.54) is 19.3 Å². The van der Waals surface area contributed by atoms with Gasteiger partial charge in [0, 0.05) is 13.0 Å². The number of carbonyl (C=O) groups excluding carboxylic acids is 1. The maximum absolute atomic E-state index is 12.0. The number of amides is 1. The zero-order valence-corrected chi connectivity index (χ0v) is 14.5. The van der Waals surface area contributed by atoms with Crippen LogP contribution in [0.15, 0.2) is 23.0 Å². The van der Waals surface area contributed by atoms with Crippen LogP contribution in [0.5, 0.6) is 0 Å². The third-order valence-electron chi connectivity index (χ3n) is 5.15. The highest BCUT2D eigenvalue weighted by Crippen LogP contribution is 2.26. The first-order chi connectivity index (χ1) is 12.1. The van der Waals surface area contributed by atoms with Crippen molar-refractivity contribution >= 4 is 16.9 Å². The lowest BCUT2D eigenvalue weighted by molar-refractivity contribution is -0.121. The largest absolute Gasteiger partial charge is 0.391 e. The number of rotatable bonds is 7. The van der Waals surface area contributed by atoms with Gasteiger partial charge in [-0.25, -0.2) is 4.79 Å². The van der Waals surface area contributed by atoms with Gasteiger partial charge in [-0.05, 0) is 49.3 Å². The Bertz CT molecular complexity index is 759. The number of aliphatic hydroxyl groups excluding tert-OH is 1. The van der Waals surface area contributed by atoms with Crippen LogP contribution in [0.2, 0.25) is 0 Å². The number of aryl methyl sites for hydroxylation is 1. The van der Waals surface area contributed by atoms with Gasteiger partial charge in [0.1, 0.15) is 0 Å². The topological polar surface area (TPSA) is 98.0 Å². The first-order valence-electron chi connectivity index (χ1n) is 9.27. The summed E-state index contributed by atoms with van der Waals surface area (Å²) >= 11 is 0. The second kappa shape index (κ2) is 8.34. The van der Waals surface area contributed by atoms with Gasteiger partial charge in [-0.3, -0.25) is 4.79 Å². The number of H-pyrrole nitrogens is 2. The van der Waals surface area contributed by atoms with E-state index in [9.17, 15) is 14.7 Å². The van der Waals surface area contributed by atoms with Crippen LogP contribution in [0.3, 0.4) is 0 Å². The average Bonchev–Trinajstić information content (AvgIpc) is 2.99. The van der Waals surface area contributed by atoms with Crippen molar-refractivity contribution in [2.75, 3.05) is 6.54 Å². The predicted octanol–water partition coefficient (Wildman–Crippen LogP) is 2.24. The average molecular weight is 345 g/mol. The minimum atomic E-state index is -0.419. The summed E-state index contributed by atoms with van der Waals surface area (Å²) in [6, 6.07) is 5.79. The molecule has 0 spiro atoms. The molecule has 6 nitrogen and oxygen atoms in total. The summed E-state index contributed by atoms with van der Waals surface area (Å²) in [5.74, 6) is 0.329. The minimum Gasteiger partial charge on any atom is -0.391 e. The van der Waals surface area contributed by atoms with Crippen molar-refractivity contribution in [1.82, 2.24) is 15.3 Å². The van der Waals surface area contributed by atoms with Crippen LogP contribution in [-0.2, 0) is 11.2 Å². The number of aromatic nitrogens is 2. The van der Waals surface area contributed by atoms with Crippen LogP contribution in [0, 0.1) is 5.92 Å². The second-order valence-electron chi connectivity index (χ2n) is 7.08. The third-order valence-corrected chi connectivity index (χ3v) is 5.15. The number of carbonyl (C=O) groups is 1. The molecule has 0 saturated heterocycles. The Morgan fingerprint density at radius 2 is 1.96 bits per heavy atom. The summed E-state index contributed by atoms with van der Waals surface area (Å²) in [4.78, 5) is 28.7. The first-order valence-corrected chi connectivity index (χ1v) is 9.27. The molecule has 3 rings (SSSR count). The summed E-state index contributed by atoms with van der Waals surface area (Å²) in [6.07, 6.45) is 7.32. The van der Waals surface area contributed by atoms with E-state index in [0.717, 1.165) is 42.3 Å². The Morgan fingerprint density at radius 1 is 1.20 bits per heavy atom. The quantitative estimate of drug-likeness (QED) is 0.619. The molecule has 1 aromatic heterocycles. The van der Waals surface area contributed by atoms with Gasteiger partial charge in [-0.15, -0.1) is 0 Å². The van der Waals surface area contributed by atoms with E-state index in [1.54, 1.807) is 0 Å². The Morgan fingerprint density at radius 3 is 2.76 bits per heavy atom. The molecule has 0 bridgehead atoms. The maximum atomic E-state index is 12.0. The highest BCUT2D eigenvalue weighted by Gasteiger charge is 2.21. The van der Waals surface area contributed by atoms with E-state index in [1.807, 2.05) is 18.2 Å². The Kier molecular flexibility index (Phi) is 5.91. The maximum Gasteiger partial charge on any atom is 0.323 e. The third kappa shape index (κ3) is 4.95. The predicted molar refractivity (Wildman–Crippen MR) is 97.4 cm³/mol. The molecule has 136 valence electrons. The number of hydrogen-bond donors (Lipinski definition) is 4. The lowest BCUT2D eigenvalue weighted by Crippen LogP contribution is -2.37. The van der Waals surface area contributed by atoms with E-state index in [2.05, 4.69) is 15.3 Å². The van der Waals surface area contributed by atoms with E-state index >= 15 is 0 Å². The number of imidazole rings is 1. The summed E-state index contributed by atoms with van der Waals surface area (Å²) in [5.41, 5.74) is 2.48. The standard InChI is InChI=1S/C19H27N3O3/c23-17(14-6-2-1-3-7-14)12-20-18(24)8-4-5-13-9-10-15-16(11-13)22-19(25)21-15/h9-11,14,17,23H,1-8,12H2,(H,20,24)(H2,21,22,25)/t17-/m1/s1. The van der Waals surface area contributed by atoms with Gasteiger partial charge < -0.3 is 20.4 Å². The fraction of sp³-hybridized carbons (Fsp3) is 0.579. The minimum absolute atomic E-state index is 0.00834. The van der Waals surface area contributed by atoms with Crippen LogP contribution < -0.4 is 11.0 Å². The SMILES string of the molecule is O=C(CCCc1ccc2[nH]c(=O)[nH]c2c1)NC[C@@H](O)C1CCCCC1. The normalized spacial score (nSPS) is 16.8. The van der Waals surface area contributed by atoms with E-state index in [0.29, 0.717) is 18.9 Å². The summed E-state index contributed by atoms with van der Waals surface area (Å²) in [6.45, 7) is 0.361. The molecule has 0 aliphatic heterocycles. The second-order valence-corrected chi connectivity index (χ2v) is 7.08. The highest BCUT2D eigenvalue weighted by atomic mass is 16.3. The Hall–Kier alpha value is -2.08. The number of aliphatic hydroxyl groups is 1. The van der Waals surface area contributed by atoms with Crippen molar-refractivity contribution in [1.29, 1.82) is 0 Å². The molecule has 1 aromatic carbocycles. The molecule has 25 heavy (non-hydrogen) atoms. The molecule has 0 radical (unpaired) electrons. The molecule has 1 saturated carbocycles. The lowest BCUT2D eigenvalue weighted by atomic mass is 9.85. The molecular formula is C19H27N3O3. The van der Waals surface area contributed by atoms with Crippen molar-refractivity contribution in [2.45, 2.75) is 57.5 Å². The van der Waals surface area contributed by atoms with Gasteiger partial charge in [-0.2, -0.15) is 0 Å². The van der Waals surface area contributed by atoms with Crippen molar-refractivity contribution in [3.63, 3.8) is 0 Å². The summed E-state index contributed by atoms with van der Waals surface area (Å²) < 4.78 is 0. The van der Waals surface area contributed by atoms with Gasteiger partial charge in [0.05, 0.1) is 17.1 Å². The zero-order valence-electron chi connectivity index (χ0n) is 14.5. The zero-order chi connectivity index (χ0) is 17.6. The number of aromatic amines is 2. The molecule has 1 aliphatic carbocycles. The summed E-state index contributed by atoms with van der Waals surface area (Å²) in [7, 11) is 0. The fourth-order valence-electron chi connectivity index (χ4n) is 3.68. The smallest absolute Gasteiger partial charge is 0.323 e. The lowest BCUT2D eigenvalue weighted by Gasteiger charge is -2.26. The van der Waals surface area contributed by atoms with E-state index < -0.39 is 6.10 Å². The van der Waals surface area contributed by atoms with Crippen LogP contribution in [0.1, 0.15) is 50.5 Å². The molecule has 1 atom stereocenters. The molecular weight excluding hydrogens is 318 g/mol. The first kappa shape index (κ1) is 17.7. The van der Waals surface area contributed by atoms with Crippen LogP contribution in [-0.4, -0.2) is 33.6 Å². The van der Waals surface area contributed by atoms with E-state index in [4.69, 9.17) is 0 Å². The molecule has 1 aliphatic rings. The Balaban J connectivity index is 1.38. The van der Waals surface area contributed by atoms with Crippen LogP contribution in [0.4, 0.5) is 0 Å². The summed E-state index contributed by atoms with van der Waals surface area (Å²) in [5, 5.41) is 13.0. The Labute approximate surface area is 147 Å². The van der Waals surface area contributed by atoms with Crippen LogP contribution in [0.25, 0.3) is 11.0 Å². The van der Waals surface area contributed by atoms with Gasteiger partial charge >= 0.3 is 5.69 Å². The number of benzene rings is 1. The van der Waals surface area contributed by atoms with Crippen molar-refractivity contribution in [2.24, 2.45) is 5.92 Å². The van der Waals surface area contributed by atoms with Crippen molar-refractivity contribution < 1.29 is 9.90 Å². The molecule has 0 unspecified atom stereocenters. The van der Waals surface area contributed by atoms with Crippen molar-refractivity contribution in [3.05, 3.63) is 34.2 Å². The molecule has 6 heteroatoms. The van der Waals surface area contributed by atoms with Gasteiger partial charge in [0.15, 0.2) is 0 Å². The van der Waals surface area contributed by atoms with Gasteiger partial charge in [0.2, 0.25) is 5.91 Å².